The van der Waals surface area contributed by atoms with Crippen molar-refractivity contribution in [3.63, 3.8) is 0 Å². The molecule has 1 atom stereocenters. The van der Waals surface area contributed by atoms with Crippen LogP contribution >= 0.6 is 0 Å². The molecular weight excluding hydrogens is 373 g/mol. The second kappa shape index (κ2) is 7.95. The predicted molar refractivity (Wildman–Crippen MR) is 108 cm³/mol. The Morgan fingerprint density at radius 1 is 1.28 bits per heavy atom. The minimum Gasteiger partial charge on any atom is -0.442 e. The molecule has 0 aromatic heterocycles. The fourth-order valence-corrected chi connectivity index (χ4v) is 3.75. The number of hydrogen-bond donors (Lipinski definition) is 1. The first kappa shape index (κ1) is 19.0. The van der Waals surface area contributed by atoms with Gasteiger partial charge in [0.25, 0.3) is 0 Å². The van der Waals surface area contributed by atoms with Gasteiger partial charge in [-0.05, 0) is 41.8 Å². The number of carbonyl (C=O) groups is 2. The van der Waals surface area contributed by atoms with Crippen molar-refractivity contribution in [2.75, 3.05) is 29.4 Å². The molecule has 1 N–H and O–H groups in total. The Kier molecular flexibility index (Phi) is 5.20. The van der Waals surface area contributed by atoms with Crippen LogP contribution in [0.4, 0.5) is 20.6 Å². The second-order valence-corrected chi connectivity index (χ2v) is 7.14. The molecule has 2 aromatic carbocycles. The largest absolute Gasteiger partial charge is 0.442 e. The average Bonchev–Trinajstić information content (AvgIpc) is 3.12. The number of benzene rings is 2. The molecule has 4 rings (SSSR count). The van der Waals surface area contributed by atoms with Crippen molar-refractivity contribution >= 4 is 23.4 Å². The maximum Gasteiger partial charge on any atom is 0.414 e. The number of nitrogens with one attached hydrogen (secondary N) is 1. The van der Waals surface area contributed by atoms with Gasteiger partial charge in [-0.3, -0.25) is 9.69 Å². The monoisotopic (exact) mass is 395 g/mol. The fraction of sp³-hybridized carbons (Fsp3) is 0.273. The van der Waals surface area contributed by atoms with E-state index in [0.717, 1.165) is 19.0 Å². The van der Waals surface area contributed by atoms with E-state index in [2.05, 4.69) is 24.0 Å². The molecule has 7 heteroatoms. The summed E-state index contributed by atoms with van der Waals surface area (Å²) in [6, 6.07) is 13.0. The molecule has 6 nitrogen and oxygen atoms in total. The molecule has 1 saturated heterocycles. The molecule has 2 heterocycles. The van der Waals surface area contributed by atoms with Gasteiger partial charge in [0.15, 0.2) is 0 Å². The first-order chi connectivity index (χ1) is 14.0. The van der Waals surface area contributed by atoms with E-state index in [9.17, 15) is 14.0 Å². The van der Waals surface area contributed by atoms with E-state index in [1.165, 1.54) is 22.1 Å². The van der Waals surface area contributed by atoms with Gasteiger partial charge in [0.2, 0.25) is 5.91 Å². The number of amides is 2. The number of anilines is 2. The van der Waals surface area contributed by atoms with Crippen molar-refractivity contribution in [2.24, 2.45) is 0 Å². The summed E-state index contributed by atoms with van der Waals surface area (Å²) < 4.78 is 20.2. The number of ether oxygens (including phenoxy) is 1. The molecule has 0 bridgehead atoms. The minimum absolute atomic E-state index is 0.181. The molecule has 2 aromatic rings. The average molecular weight is 395 g/mol. The topological polar surface area (TPSA) is 61.9 Å². The molecule has 0 spiro atoms. The van der Waals surface area contributed by atoms with Crippen molar-refractivity contribution in [2.45, 2.75) is 19.1 Å². The standard InChI is InChI=1S/C22H22FN3O3/c1-2-21(27)24-12-18-14-26(22(28)29-18)17-7-8-20(19(23)11-17)25-10-9-15-5-3-4-6-16(15)13-25/h2-8,11,18H,1,9-10,12-14H2,(H,24,27)/t18-/m1/s1. The Hall–Kier alpha value is -3.35. The van der Waals surface area contributed by atoms with E-state index in [0.29, 0.717) is 17.9 Å². The normalized spacial score (nSPS) is 18.2. The van der Waals surface area contributed by atoms with E-state index in [1.807, 2.05) is 17.0 Å². The highest BCUT2D eigenvalue weighted by atomic mass is 19.1. The lowest BCUT2D eigenvalue weighted by Crippen LogP contribution is -2.33. The summed E-state index contributed by atoms with van der Waals surface area (Å²) in [4.78, 5) is 26.8. The van der Waals surface area contributed by atoms with Crippen LogP contribution in [0.1, 0.15) is 11.1 Å². The third-order valence-corrected chi connectivity index (χ3v) is 5.28. The Balaban J connectivity index is 1.46. The fourth-order valence-electron chi connectivity index (χ4n) is 3.75. The minimum atomic E-state index is -0.554. The number of carbonyl (C=O) groups excluding carboxylic acids is 2. The van der Waals surface area contributed by atoms with Crippen molar-refractivity contribution in [3.05, 3.63) is 72.1 Å². The van der Waals surface area contributed by atoms with Gasteiger partial charge in [-0.15, -0.1) is 0 Å². The van der Waals surface area contributed by atoms with E-state index < -0.39 is 12.2 Å². The van der Waals surface area contributed by atoms with Crippen LogP contribution in [0, 0.1) is 5.82 Å². The summed E-state index contributed by atoms with van der Waals surface area (Å²) in [5.74, 6) is -0.712. The Morgan fingerprint density at radius 2 is 2.07 bits per heavy atom. The number of fused-ring (bicyclic) bond motifs is 1. The van der Waals surface area contributed by atoms with Crippen molar-refractivity contribution < 1.29 is 18.7 Å². The molecule has 0 unspecified atom stereocenters. The third-order valence-electron chi connectivity index (χ3n) is 5.28. The highest BCUT2D eigenvalue weighted by Crippen LogP contribution is 2.30. The van der Waals surface area contributed by atoms with Crippen molar-refractivity contribution in [1.82, 2.24) is 5.32 Å². The van der Waals surface area contributed by atoms with Gasteiger partial charge in [-0.25, -0.2) is 9.18 Å². The quantitative estimate of drug-likeness (QED) is 0.791. The highest BCUT2D eigenvalue weighted by Gasteiger charge is 2.33. The summed E-state index contributed by atoms with van der Waals surface area (Å²) in [7, 11) is 0. The van der Waals surface area contributed by atoms with Gasteiger partial charge in [0, 0.05) is 13.1 Å². The van der Waals surface area contributed by atoms with Crippen molar-refractivity contribution in [1.29, 1.82) is 0 Å². The van der Waals surface area contributed by atoms with Crippen LogP contribution in [0.15, 0.2) is 55.1 Å². The molecule has 0 saturated carbocycles. The summed E-state index contributed by atoms with van der Waals surface area (Å²) >= 11 is 0. The highest BCUT2D eigenvalue weighted by molar-refractivity contribution is 5.90. The van der Waals surface area contributed by atoms with Crippen LogP contribution in [-0.2, 0) is 22.5 Å². The van der Waals surface area contributed by atoms with E-state index in [1.54, 1.807) is 12.1 Å². The Labute approximate surface area is 168 Å². The SMILES string of the molecule is C=CC(=O)NC[C@@H]1CN(c2ccc(N3CCc4ccccc4C3)c(F)c2)C(=O)O1. The number of cyclic esters (lactones) is 1. The molecule has 0 aliphatic carbocycles. The third kappa shape index (κ3) is 3.94. The van der Waals surface area contributed by atoms with Gasteiger partial charge < -0.3 is 15.0 Å². The Morgan fingerprint density at radius 3 is 2.83 bits per heavy atom. The van der Waals surface area contributed by atoms with Gasteiger partial charge in [0.1, 0.15) is 11.9 Å². The van der Waals surface area contributed by atoms with Crippen LogP contribution in [0.5, 0.6) is 0 Å². The molecule has 2 aliphatic heterocycles. The molecule has 0 radical (unpaired) electrons. The van der Waals surface area contributed by atoms with Crippen LogP contribution in [0.3, 0.4) is 0 Å². The zero-order valence-corrected chi connectivity index (χ0v) is 15.9. The van der Waals surface area contributed by atoms with Crippen LogP contribution in [-0.4, -0.2) is 37.7 Å². The summed E-state index contributed by atoms with van der Waals surface area (Å²) in [5, 5.41) is 2.60. The van der Waals surface area contributed by atoms with Crippen LogP contribution in [0.2, 0.25) is 0 Å². The predicted octanol–water partition coefficient (Wildman–Crippen LogP) is 3.02. The lowest BCUT2D eigenvalue weighted by molar-refractivity contribution is -0.116. The van der Waals surface area contributed by atoms with E-state index in [4.69, 9.17) is 4.74 Å². The summed E-state index contributed by atoms with van der Waals surface area (Å²) in [6.45, 7) is 5.20. The molecule has 2 amide bonds. The first-order valence-electron chi connectivity index (χ1n) is 9.55. The Bertz CT molecular complexity index is 962. The smallest absolute Gasteiger partial charge is 0.414 e. The van der Waals surface area contributed by atoms with Crippen LogP contribution < -0.4 is 15.1 Å². The number of rotatable bonds is 5. The molecule has 2 aliphatic rings. The van der Waals surface area contributed by atoms with Crippen LogP contribution in [0.25, 0.3) is 0 Å². The maximum atomic E-state index is 14.9. The lowest BCUT2D eigenvalue weighted by Gasteiger charge is -2.31. The van der Waals surface area contributed by atoms with E-state index in [-0.39, 0.29) is 24.8 Å². The first-order valence-corrected chi connectivity index (χ1v) is 9.55. The number of hydrogen-bond acceptors (Lipinski definition) is 4. The molecule has 1 fully saturated rings. The zero-order valence-electron chi connectivity index (χ0n) is 15.9. The van der Waals surface area contributed by atoms with Gasteiger partial charge in [0.05, 0.1) is 24.5 Å². The molecule has 150 valence electrons. The van der Waals surface area contributed by atoms with E-state index >= 15 is 0 Å². The maximum absolute atomic E-state index is 14.9. The summed E-state index contributed by atoms with van der Waals surface area (Å²) in [6.07, 6.45) is 0.977. The number of nitrogens with zero attached hydrogens (tertiary/aromatic N) is 2. The second-order valence-electron chi connectivity index (χ2n) is 7.14. The number of halogens is 1. The van der Waals surface area contributed by atoms with Gasteiger partial charge in [-0.2, -0.15) is 0 Å². The summed E-state index contributed by atoms with van der Waals surface area (Å²) in [5.41, 5.74) is 3.46. The van der Waals surface area contributed by atoms with Crippen molar-refractivity contribution in [3.8, 4) is 0 Å². The lowest BCUT2D eigenvalue weighted by atomic mass is 9.99. The zero-order chi connectivity index (χ0) is 20.4. The molecular formula is C22H22FN3O3. The van der Waals surface area contributed by atoms with Gasteiger partial charge in [-0.1, -0.05) is 30.8 Å². The van der Waals surface area contributed by atoms with Gasteiger partial charge >= 0.3 is 6.09 Å². The molecule has 29 heavy (non-hydrogen) atoms.